The lowest BCUT2D eigenvalue weighted by Crippen LogP contribution is -2.44. The van der Waals surface area contributed by atoms with Crippen LogP contribution in [0.15, 0.2) is 54.6 Å². The van der Waals surface area contributed by atoms with Crippen molar-refractivity contribution in [3.63, 3.8) is 0 Å². The number of methoxy groups -OCH3 is 1. The predicted molar refractivity (Wildman–Crippen MR) is 100 cm³/mol. The minimum absolute atomic E-state index is 0.0280. The lowest BCUT2D eigenvalue weighted by molar-refractivity contribution is -0.123. The fourth-order valence-corrected chi connectivity index (χ4v) is 2.52. The molecule has 5 heteroatoms. The van der Waals surface area contributed by atoms with Crippen molar-refractivity contribution in [1.82, 2.24) is 5.32 Å². The Morgan fingerprint density at radius 2 is 1.62 bits per heavy atom. The van der Waals surface area contributed by atoms with Gasteiger partial charge in [-0.25, -0.2) is 4.79 Å². The summed E-state index contributed by atoms with van der Waals surface area (Å²) in [5.41, 5.74) is 2.04. The van der Waals surface area contributed by atoms with E-state index >= 15 is 0 Å². The summed E-state index contributed by atoms with van der Waals surface area (Å²) in [6, 6.07) is 16.9. The molecule has 1 atom stereocenters. The van der Waals surface area contributed by atoms with Gasteiger partial charge in [-0.2, -0.15) is 0 Å². The molecule has 1 unspecified atom stereocenters. The molecule has 5 nitrogen and oxygen atoms in total. The van der Waals surface area contributed by atoms with Gasteiger partial charge in [-0.05, 0) is 29.7 Å². The Kier molecular flexibility index (Phi) is 7.21. The SMILES string of the molecule is COC(=O)NC(Cc1ccc(OCc2ccccc2)cc1)C(=O)C(C)C. The van der Waals surface area contributed by atoms with Gasteiger partial charge < -0.3 is 14.8 Å². The third-order valence-electron chi connectivity index (χ3n) is 4.00. The average molecular weight is 355 g/mol. The Bertz CT molecular complexity index is 711. The molecule has 2 rings (SSSR count). The average Bonchev–Trinajstić information content (AvgIpc) is 2.66. The van der Waals surface area contributed by atoms with E-state index in [2.05, 4.69) is 10.1 Å². The van der Waals surface area contributed by atoms with Gasteiger partial charge in [0.25, 0.3) is 0 Å². The molecule has 0 spiro atoms. The van der Waals surface area contributed by atoms with Crippen LogP contribution < -0.4 is 10.1 Å². The molecule has 0 aromatic heterocycles. The van der Waals surface area contributed by atoms with Crippen LogP contribution in [-0.2, 0) is 22.6 Å². The van der Waals surface area contributed by atoms with Gasteiger partial charge in [0.05, 0.1) is 13.2 Å². The van der Waals surface area contributed by atoms with E-state index in [1.807, 2.05) is 68.4 Å². The van der Waals surface area contributed by atoms with Crippen LogP contribution in [0.3, 0.4) is 0 Å². The van der Waals surface area contributed by atoms with Crippen LogP contribution in [0.1, 0.15) is 25.0 Å². The Balaban J connectivity index is 1.98. The third-order valence-corrected chi connectivity index (χ3v) is 4.00. The molecule has 1 N–H and O–H groups in total. The van der Waals surface area contributed by atoms with Gasteiger partial charge in [0.15, 0.2) is 5.78 Å². The maximum absolute atomic E-state index is 12.3. The van der Waals surface area contributed by atoms with Gasteiger partial charge in [-0.1, -0.05) is 56.3 Å². The maximum atomic E-state index is 12.3. The Morgan fingerprint density at radius 3 is 2.19 bits per heavy atom. The van der Waals surface area contributed by atoms with E-state index in [4.69, 9.17) is 4.74 Å². The first-order valence-electron chi connectivity index (χ1n) is 8.63. The summed E-state index contributed by atoms with van der Waals surface area (Å²) >= 11 is 0. The summed E-state index contributed by atoms with van der Waals surface area (Å²) in [5, 5.41) is 2.62. The molecule has 0 bridgehead atoms. The minimum Gasteiger partial charge on any atom is -0.489 e. The Labute approximate surface area is 154 Å². The second kappa shape index (κ2) is 9.61. The van der Waals surface area contributed by atoms with Gasteiger partial charge in [0.2, 0.25) is 0 Å². The molecule has 0 aliphatic carbocycles. The molecule has 0 aliphatic heterocycles. The van der Waals surface area contributed by atoms with Crippen molar-refractivity contribution in [1.29, 1.82) is 0 Å². The molecule has 0 saturated carbocycles. The van der Waals surface area contributed by atoms with E-state index < -0.39 is 12.1 Å². The molecule has 0 heterocycles. The van der Waals surface area contributed by atoms with Crippen molar-refractivity contribution in [3.8, 4) is 5.75 Å². The summed E-state index contributed by atoms with van der Waals surface area (Å²) in [6.07, 6.45) is -0.197. The summed E-state index contributed by atoms with van der Waals surface area (Å²) in [6.45, 7) is 4.13. The lowest BCUT2D eigenvalue weighted by Gasteiger charge is -2.19. The highest BCUT2D eigenvalue weighted by Crippen LogP contribution is 2.16. The van der Waals surface area contributed by atoms with Crippen molar-refractivity contribution in [2.45, 2.75) is 32.9 Å². The van der Waals surface area contributed by atoms with E-state index in [1.165, 1.54) is 7.11 Å². The molecule has 1 amide bonds. The summed E-state index contributed by atoms with van der Waals surface area (Å²) in [4.78, 5) is 23.8. The fraction of sp³-hybridized carbons (Fsp3) is 0.333. The van der Waals surface area contributed by atoms with E-state index in [9.17, 15) is 9.59 Å². The molecule has 138 valence electrons. The zero-order valence-corrected chi connectivity index (χ0v) is 15.4. The van der Waals surface area contributed by atoms with Crippen LogP contribution in [0.5, 0.6) is 5.75 Å². The molecule has 0 fully saturated rings. The molecule has 0 aliphatic rings. The zero-order valence-electron chi connectivity index (χ0n) is 15.4. The summed E-state index contributed by atoms with van der Waals surface area (Å²) < 4.78 is 10.4. The number of carbonyl (C=O) groups is 2. The maximum Gasteiger partial charge on any atom is 0.407 e. The predicted octanol–water partition coefficient (Wildman–Crippen LogP) is 3.76. The third kappa shape index (κ3) is 5.92. The van der Waals surface area contributed by atoms with E-state index in [1.54, 1.807) is 0 Å². The molecule has 0 radical (unpaired) electrons. The number of amides is 1. The van der Waals surface area contributed by atoms with Crippen LogP contribution >= 0.6 is 0 Å². The summed E-state index contributed by atoms with van der Waals surface area (Å²) in [5.74, 6) is 0.552. The van der Waals surface area contributed by atoms with Crippen LogP contribution in [0.25, 0.3) is 0 Å². The highest BCUT2D eigenvalue weighted by molar-refractivity contribution is 5.89. The Hall–Kier alpha value is -2.82. The monoisotopic (exact) mass is 355 g/mol. The number of Topliss-reactive ketones (excluding diaryl/α,β-unsaturated/α-hetero) is 1. The van der Waals surface area contributed by atoms with Crippen LogP contribution in [0.2, 0.25) is 0 Å². The van der Waals surface area contributed by atoms with E-state index in [0.717, 1.165) is 16.9 Å². The molecule has 2 aromatic rings. The molecular formula is C21H25NO4. The van der Waals surface area contributed by atoms with Gasteiger partial charge >= 0.3 is 6.09 Å². The Morgan fingerprint density at radius 1 is 0.962 bits per heavy atom. The topological polar surface area (TPSA) is 64.6 Å². The highest BCUT2D eigenvalue weighted by atomic mass is 16.5. The molecule has 0 saturated heterocycles. The highest BCUT2D eigenvalue weighted by Gasteiger charge is 2.23. The second-order valence-electron chi connectivity index (χ2n) is 6.37. The fourth-order valence-electron chi connectivity index (χ4n) is 2.52. The largest absolute Gasteiger partial charge is 0.489 e. The molecule has 2 aromatic carbocycles. The van der Waals surface area contributed by atoms with Crippen LogP contribution in [0, 0.1) is 5.92 Å². The number of rotatable bonds is 8. The first-order chi connectivity index (χ1) is 12.5. The van der Waals surface area contributed by atoms with Crippen LogP contribution in [0.4, 0.5) is 4.79 Å². The number of ketones is 1. The van der Waals surface area contributed by atoms with E-state index in [0.29, 0.717) is 13.0 Å². The van der Waals surface area contributed by atoms with Gasteiger partial charge in [0.1, 0.15) is 12.4 Å². The van der Waals surface area contributed by atoms with Crippen LogP contribution in [-0.4, -0.2) is 25.0 Å². The van der Waals surface area contributed by atoms with Crippen molar-refractivity contribution >= 4 is 11.9 Å². The van der Waals surface area contributed by atoms with Crippen molar-refractivity contribution in [3.05, 3.63) is 65.7 Å². The first-order valence-corrected chi connectivity index (χ1v) is 8.63. The number of hydrogen-bond acceptors (Lipinski definition) is 4. The first kappa shape index (κ1) is 19.5. The number of carbonyl (C=O) groups excluding carboxylic acids is 2. The molecular weight excluding hydrogens is 330 g/mol. The van der Waals surface area contributed by atoms with Crippen molar-refractivity contribution < 1.29 is 19.1 Å². The standard InChI is InChI=1S/C21H25NO4/c1-15(2)20(23)19(22-21(24)25-3)13-16-9-11-18(12-10-16)26-14-17-7-5-4-6-8-17/h4-12,15,19H,13-14H2,1-3H3,(H,22,24). The van der Waals surface area contributed by atoms with Gasteiger partial charge in [-0.3, -0.25) is 4.79 Å². The normalized spacial score (nSPS) is 11.7. The number of benzene rings is 2. The molecule has 26 heavy (non-hydrogen) atoms. The number of ether oxygens (including phenoxy) is 2. The number of nitrogens with one attached hydrogen (secondary N) is 1. The quantitative estimate of drug-likeness (QED) is 0.783. The van der Waals surface area contributed by atoms with Gasteiger partial charge in [0, 0.05) is 5.92 Å². The van der Waals surface area contributed by atoms with E-state index in [-0.39, 0.29) is 11.7 Å². The second-order valence-corrected chi connectivity index (χ2v) is 6.37. The lowest BCUT2D eigenvalue weighted by atomic mass is 9.96. The number of hydrogen-bond donors (Lipinski definition) is 1. The number of alkyl carbamates (subject to hydrolysis) is 1. The van der Waals surface area contributed by atoms with Crippen molar-refractivity contribution in [2.24, 2.45) is 5.92 Å². The summed E-state index contributed by atoms with van der Waals surface area (Å²) in [7, 11) is 1.28. The smallest absolute Gasteiger partial charge is 0.407 e. The zero-order chi connectivity index (χ0) is 18.9. The van der Waals surface area contributed by atoms with Gasteiger partial charge in [-0.15, -0.1) is 0 Å². The van der Waals surface area contributed by atoms with Crippen molar-refractivity contribution in [2.75, 3.05) is 7.11 Å². The minimum atomic E-state index is -0.612.